The quantitative estimate of drug-likeness (QED) is 0.0267. The molecule has 0 bridgehead atoms. The van der Waals surface area contributed by atoms with Crippen LogP contribution in [-0.2, 0) is 23.7 Å². The van der Waals surface area contributed by atoms with Crippen molar-refractivity contribution in [3.8, 4) is 0 Å². The number of carbonyl (C=O) groups excluding carboxylic acids is 1. The van der Waals surface area contributed by atoms with Gasteiger partial charge in [0.05, 0.1) is 19.8 Å². The summed E-state index contributed by atoms with van der Waals surface area (Å²) >= 11 is 0. The van der Waals surface area contributed by atoms with Crippen LogP contribution in [0.5, 0.6) is 0 Å². The van der Waals surface area contributed by atoms with Gasteiger partial charge in [0, 0.05) is 13.0 Å². The van der Waals surface area contributed by atoms with Crippen LogP contribution in [0.2, 0.25) is 0 Å². The van der Waals surface area contributed by atoms with Gasteiger partial charge < -0.3 is 39.4 Å². The van der Waals surface area contributed by atoms with E-state index in [-0.39, 0.29) is 25.6 Å². The van der Waals surface area contributed by atoms with E-state index in [2.05, 4.69) is 135 Å². The normalized spacial score (nSPS) is 19.9. The molecule has 70 heavy (non-hydrogen) atoms. The number of hydrogen-bond donors (Lipinski definition) is 4. The number of hydrogen-bond acceptors (Lipinski definition) is 9. The molecular weight excluding hydrogens is 877 g/mol. The van der Waals surface area contributed by atoms with E-state index >= 15 is 0 Å². The van der Waals surface area contributed by atoms with E-state index in [1.54, 1.807) is 0 Å². The fourth-order valence-corrected chi connectivity index (χ4v) is 7.66. The molecule has 6 atom stereocenters. The zero-order valence-electron chi connectivity index (χ0n) is 44.0. The molecule has 0 aromatic heterocycles. The molecule has 398 valence electrons. The third kappa shape index (κ3) is 40.2. The molecule has 0 spiro atoms. The van der Waals surface area contributed by atoms with Gasteiger partial charge in [-0.05, 0) is 103 Å². The molecule has 0 aliphatic carbocycles. The molecular formula is C61H100O9. The lowest BCUT2D eigenvalue weighted by Crippen LogP contribution is -2.59. The second-order valence-electron chi connectivity index (χ2n) is 18.3. The first-order valence-electron chi connectivity index (χ1n) is 27.6. The Kier molecular flexibility index (Phi) is 46.6. The van der Waals surface area contributed by atoms with E-state index < -0.39 is 43.4 Å². The Bertz CT molecular complexity index is 1480. The Morgan fingerprint density at radius 1 is 0.457 bits per heavy atom. The molecule has 4 N–H and O–H groups in total. The molecule has 1 aliphatic rings. The molecule has 9 heteroatoms. The van der Waals surface area contributed by atoms with Crippen molar-refractivity contribution in [1.29, 1.82) is 0 Å². The second-order valence-corrected chi connectivity index (χ2v) is 18.3. The minimum atomic E-state index is -1.55. The highest BCUT2D eigenvalue weighted by Crippen LogP contribution is 2.23. The Balaban J connectivity index is 2.21. The van der Waals surface area contributed by atoms with E-state index in [0.717, 1.165) is 122 Å². The van der Waals surface area contributed by atoms with Gasteiger partial charge in [-0.3, -0.25) is 4.79 Å². The van der Waals surface area contributed by atoms with Gasteiger partial charge in [0.25, 0.3) is 0 Å². The average Bonchev–Trinajstić information content (AvgIpc) is 3.36. The van der Waals surface area contributed by atoms with Crippen LogP contribution in [-0.4, -0.2) is 89.6 Å². The van der Waals surface area contributed by atoms with Gasteiger partial charge in [-0.1, -0.05) is 206 Å². The lowest BCUT2D eigenvalue weighted by atomic mass is 9.99. The first-order valence-corrected chi connectivity index (χ1v) is 27.6. The maximum Gasteiger partial charge on any atom is 0.306 e. The fraction of sp³-hybridized carbons (Fsp3) is 0.656. The topological polar surface area (TPSA) is 135 Å². The van der Waals surface area contributed by atoms with Gasteiger partial charge in [-0.25, -0.2) is 0 Å². The summed E-state index contributed by atoms with van der Waals surface area (Å²) in [7, 11) is 0. The van der Waals surface area contributed by atoms with E-state index in [1.165, 1.54) is 51.4 Å². The van der Waals surface area contributed by atoms with Crippen molar-refractivity contribution in [1.82, 2.24) is 0 Å². The molecule has 0 radical (unpaired) electrons. The van der Waals surface area contributed by atoms with Crippen LogP contribution in [0, 0.1) is 0 Å². The van der Waals surface area contributed by atoms with Gasteiger partial charge in [0.2, 0.25) is 0 Å². The van der Waals surface area contributed by atoms with Crippen LogP contribution < -0.4 is 0 Å². The molecule has 0 aromatic rings. The summed E-state index contributed by atoms with van der Waals surface area (Å²) in [6.07, 6.45) is 66.6. The Labute approximate surface area is 427 Å². The summed E-state index contributed by atoms with van der Waals surface area (Å²) in [5.74, 6) is -0.338. The van der Waals surface area contributed by atoms with Crippen LogP contribution in [0.1, 0.15) is 194 Å². The predicted molar refractivity (Wildman–Crippen MR) is 292 cm³/mol. The van der Waals surface area contributed by atoms with Crippen LogP contribution in [0.4, 0.5) is 0 Å². The van der Waals surface area contributed by atoms with Crippen molar-refractivity contribution in [2.75, 3.05) is 26.4 Å². The van der Waals surface area contributed by atoms with Gasteiger partial charge >= 0.3 is 5.97 Å². The first-order chi connectivity index (χ1) is 34.4. The summed E-state index contributed by atoms with van der Waals surface area (Å²) in [5.41, 5.74) is 0. The van der Waals surface area contributed by atoms with Crippen LogP contribution in [0.25, 0.3) is 0 Å². The smallest absolute Gasteiger partial charge is 0.306 e. The molecule has 9 nitrogen and oxygen atoms in total. The fourth-order valence-electron chi connectivity index (χ4n) is 7.66. The molecule has 1 rings (SSSR count). The van der Waals surface area contributed by atoms with E-state index in [9.17, 15) is 25.2 Å². The summed E-state index contributed by atoms with van der Waals surface area (Å²) in [6.45, 7) is 4.28. The summed E-state index contributed by atoms with van der Waals surface area (Å²) in [6, 6.07) is 0. The maximum absolute atomic E-state index is 12.9. The molecule has 1 heterocycles. The van der Waals surface area contributed by atoms with Crippen molar-refractivity contribution >= 4 is 5.97 Å². The highest BCUT2D eigenvalue weighted by molar-refractivity contribution is 5.69. The van der Waals surface area contributed by atoms with Crippen molar-refractivity contribution in [2.45, 2.75) is 230 Å². The number of aliphatic hydroxyl groups excluding tert-OH is 4. The molecule has 6 unspecified atom stereocenters. The van der Waals surface area contributed by atoms with E-state index in [1.807, 2.05) is 0 Å². The molecule has 1 saturated heterocycles. The number of allylic oxidation sites excluding steroid dienone is 20. The minimum Gasteiger partial charge on any atom is -0.457 e. The Morgan fingerprint density at radius 3 is 1.24 bits per heavy atom. The minimum absolute atomic E-state index is 0.125. The highest BCUT2D eigenvalue weighted by Gasteiger charge is 2.44. The zero-order chi connectivity index (χ0) is 50.6. The van der Waals surface area contributed by atoms with Gasteiger partial charge in [-0.15, -0.1) is 0 Å². The van der Waals surface area contributed by atoms with Crippen molar-refractivity contribution in [2.24, 2.45) is 0 Å². The molecule has 1 fully saturated rings. The SMILES string of the molecule is CC/C=C\C/C=C\C/C=C\C/C=C\C/C=C\CCCCCCCCCCCCOCC(COC1OC(CO)C(O)C(O)C1O)OC(=O)CCCCCCC/C=C\C/C=C\C/C=C\C/C=C\C/C=C\CC. The number of rotatable bonds is 46. The molecule has 1 aliphatic heterocycles. The van der Waals surface area contributed by atoms with Crippen molar-refractivity contribution in [3.63, 3.8) is 0 Å². The second kappa shape index (κ2) is 50.5. The number of aliphatic hydroxyl groups is 4. The van der Waals surface area contributed by atoms with Gasteiger partial charge in [0.15, 0.2) is 6.29 Å². The summed E-state index contributed by atoms with van der Waals surface area (Å²) in [5, 5.41) is 40.3. The Morgan fingerprint density at radius 2 is 0.829 bits per heavy atom. The number of esters is 1. The van der Waals surface area contributed by atoms with Crippen molar-refractivity contribution < 1.29 is 44.2 Å². The number of ether oxygens (including phenoxy) is 4. The third-order valence-corrected chi connectivity index (χ3v) is 11.9. The predicted octanol–water partition coefficient (Wildman–Crippen LogP) is 14.3. The van der Waals surface area contributed by atoms with E-state index in [0.29, 0.717) is 6.61 Å². The first kappa shape index (κ1) is 64.6. The van der Waals surface area contributed by atoms with Crippen LogP contribution >= 0.6 is 0 Å². The Hall–Kier alpha value is -3.41. The lowest BCUT2D eigenvalue weighted by Gasteiger charge is -2.39. The zero-order valence-corrected chi connectivity index (χ0v) is 44.0. The molecule has 0 amide bonds. The van der Waals surface area contributed by atoms with Gasteiger partial charge in [0.1, 0.15) is 30.5 Å². The highest BCUT2D eigenvalue weighted by atomic mass is 16.7. The van der Waals surface area contributed by atoms with Crippen LogP contribution in [0.15, 0.2) is 122 Å². The largest absolute Gasteiger partial charge is 0.457 e. The molecule has 0 aromatic carbocycles. The van der Waals surface area contributed by atoms with Crippen molar-refractivity contribution in [3.05, 3.63) is 122 Å². The lowest BCUT2D eigenvalue weighted by molar-refractivity contribution is -0.305. The summed E-state index contributed by atoms with van der Waals surface area (Å²) in [4.78, 5) is 12.9. The number of carbonyl (C=O) groups is 1. The van der Waals surface area contributed by atoms with E-state index in [4.69, 9.17) is 18.9 Å². The summed E-state index contributed by atoms with van der Waals surface area (Å²) < 4.78 is 22.9. The average molecular weight is 977 g/mol. The standard InChI is InChI=1S/C61H100O9/c1-3-5-7-9-11-13-15-17-19-21-23-25-26-27-28-29-31-33-35-37-39-41-43-45-47-49-51-67-53-55(54-68-61-60(66)59(65)58(64)56(52-62)70-61)69-57(63)50-48-46-44-42-40-38-36-34-32-30-24-22-20-18-16-14-12-10-8-6-4-2/h5-8,11-14,17-20,23-25,27-28,30,34,36,55-56,58-62,64-66H,3-4,9-10,15-16,21-22,26,29,31-33,35,37-54H2,1-2H3/b7-5-,8-6-,13-11-,14-12-,19-17-,20-18-,25-23-,28-27-,30-24-,36-34-. The number of unbranched alkanes of at least 4 members (excludes halogenated alkanes) is 15. The monoisotopic (exact) mass is 977 g/mol. The maximum atomic E-state index is 12.9. The van der Waals surface area contributed by atoms with Gasteiger partial charge in [-0.2, -0.15) is 0 Å². The van der Waals surface area contributed by atoms with Crippen LogP contribution in [0.3, 0.4) is 0 Å². The molecule has 0 saturated carbocycles. The third-order valence-electron chi connectivity index (χ3n) is 11.9.